The molecule has 0 saturated carbocycles. The molecule has 0 bridgehead atoms. The second-order valence-corrected chi connectivity index (χ2v) is 4.68. The number of rotatable bonds is 6. The molecule has 0 aromatic rings. The number of nitrogens with one attached hydrogen (secondary N) is 1. The minimum Gasteiger partial charge on any atom is -0.317 e. The van der Waals surface area contributed by atoms with Crippen molar-refractivity contribution < 1.29 is 9.59 Å². The predicted octanol–water partition coefficient (Wildman–Crippen LogP) is 1.69. The lowest BCUT2D eigenvalue weighted by molar-refractivity contribution is -0.143. The summed E-state index contributed by atoms with van der Waals surface area (Å²) in [6.45, 7) is 2.74. The number of likely N-dealkylation sites (tertiary alicyclic amines) is 1. The third-order valence-corrected chi connectivity index (χ3v) is 3.47. The van der Waals surface area contributed by atoms with Crippen LogP contribution in [0.15, 0.2) is 0 Å². The van der Waals surface area contributed by atoms with Gasteiger partial charge in [0.25, 0.3) is 0 Å². The van der Waals surface area contributed by atoms with Gasteiger partial charge in [-0.15, -0.1) is 0 Å². The molecule has 1 unspecified atom stereocenters. The molecule has 17 heavy (non-hydrogen) atoms. The van der Waals surface area contributed by atoms with E-state index in [1.165, 1.54) is 4.90 Å². The average molecular weight is 240 g/mol. The van der Waals surface area contributed by atoms with Gasteiger partial charge in [0.2, 0.25) is 11.8 Å². The average Bonchev–Trinajstić information content (AvgIpc) is 2.48. The lowest BCUT2D eigenvalue weighted by Crippen LogP contribution is -2.36. The Balaban J connectivity index is 2.37. The molecule has 2 amide bonds. The van der Waals surface area contributed by atoms with Gasteiger partial charge in [-0.1, -0.05) is 6.92 Å². The second kappa shape index (κ2) is 7.43. The third-order valence-electron chi connectivity index (χ3n) is 3.47. The molecule has 4 heteroatoms. The number of hydrogen-bond acceptors (Lipinski definition) is 3. The molecular weight excluding hydrogens is 216 g/mol. The fraction of sp³-hybridized carbons (Fsp3) is 0.846. The van der Waals surface area contributed by atoms with Gasteiger partial charge in [-0.2, -0.15) is 0 Å². The maximum atomic E-state index is 11.7. The fourth-order valence-electron chi connectivity index (χ4n) is 2.26. The van der Waals surface area contributed by atoms with Crippen molar-refractivity contribution in [3.05, 3.63) is 0 Å². The Kier molecular flexibility index (Phi) is 6.19. The van der Waals surface area contributed by atoms with E-state index >= 15 is 0 Å². The number of carbonyl (C=O) groups excluding carboxylic acids is 2. The normalized spacial score (nSPS) is 19.3. The fourth-order valence-corrected chi connectivity index (χ4v) is 2.26. The standard InChI is InChI=1S/C13H24N2O2/c1-3-11(14-2)7-6-10-15-12(16)8-4-5-9-13(15)17/h11,14H,3-10H2,1-2H3. The van der Waals surface area contributed by atoms with Crippen LogP contribution in [0.3, 0.4) is 0 Å². The van der Waals surface area contributed by atoms with Crippen LogP contribution in [-0.2, 0) is 9.59 Å². The SMILES string of the molecule is CCC(CCCN1C(=O)CCCCC1=O)NC. The third kappa shape index (κ3) is 4.46. The molecule has 1 heterocycles. The maximum Gasteiger partial charge on any atom is 0.229 e. The Morgan fingerprint density at radius 1 is 1.24 bits per heavy atom. The Bertz CT molecular complexity index is 244. The topological polar surface area (TPSA) is 49.4 Å². The van der Waals surface area contributed by atoms with Gasteiger partial charge in [0.05, 0.1) is 0 Å². The smallest absolute Gasteiger partial charge is 0.229 e. The van der Waals surface area contributed by atoms with Gasteiger partial charge in [0, 0.05) is 25.4 Å². The molecule has 98 valence electrons. The van der Waals surface area contributed by atoms with Gasteiger partial charge < -0.3 is 5.32 Å². The summed E-state index contributed by atoms with van der Waals surface area (Å²) < 4.78 is 0. The van der Waals surface area contributed by atoms with Crippen LogP contribution < -0.4 is 5.32 Å². The lowest BCUT2D eigenvalue weighted by Gasteiger charge is -2.20. The summed E-state index contributed by atoms with van der Waals surface area (Å²) >= 11 is 0. The van der Waals surface area contributed by atoms with Crippen molar-refractivity contribution in [3.63, 3.8) is 0 Å². The Hall–Kier alpha value is -0.900. The van der Waals surface area contributed by atoms with E-state index in [1.54, 1.807) is 0 Å². The Morgan fingerprint density at radius 2 is 1.82 bits per heavy atom. The van der Waals surface area contributed by atoms with Crippen molar-refractivity contribution in [2.24, 2.45) is 0 Å². The summed E-state index contributed by atoms with van der Waals surface area (Å²) in [5.74, 6) is 0.0370. The molecule has 1 N–H and O–H groups in total. The highest BCUT2D eigenvalue weighted by Crippen LogP contribution is 2.13. The van der Waals surface area contributed by atoms with Crippen molar-refractivity contribution >= 4 is 11.8 Å². The van der Waals surface area contributed by atoms with Crippen molar-refractivity contribution in [1.82, 2.24) is 10.2 Å². The predicted molar refractivity (Wildman–Crippen MR) is 67.6 cm³/mol. The largest absolute Gasteiger partial charge is 0.317 e. The highest BCUT2D eigenvalue weighted by molar-refractivity contribution is 5.95. The zero-order valence-corrected chi connectivity index (χ0v) is 11.0. The van der Waals surface area contributed by atoms with Crippen LogP contribution in [0.4, 0.5) is 0 Å². The minimum absolute atomic E-state index is 0.0185. The van der Waals surface area contributed by atoms with E-state index in [9.17, 15) is 9.59 Å². The van der Waals surface area contributed by atoms with Gasteiger partial charge in [0.1, 0.15) is 0 Å². The van der Waals surface area contributed by atoms with Gasteiger partial charge in [-0.3, -0.25) is 14.5 Å². The van der Waals surface area contributed by atoms with Crippen molar-refractivity contribution in [2.45, 2.75) is 57.9 Å². The maximum absolute atomic E-state index is 11.7. The number of nitrogens with zero attached hydrogens (tertiary/aromatic N) is 1. The van der Waals surface area contributed by atoms with Crippen LogP contribution in [0.25, 0.3) is 0 Å². The summed E-state index contributed by atoms with van der Waals surface area (Å²) in [7, 11) is 1.95. The number of carbonyl (C=O) groups is 2. The molecule has 0 aliphatic carbocycles. The summed E-state index contributed by atoms with van der Waals surface area (Å²) in [6.07, 6.45) is 5.79. The van der Waals surface area contributed by atoms with E-state index in [2.05, 4.69) is 12.2 Å². The first kappa shape index (κ1) is 14.2. The van der Waals surface area contributed by atoms with Crippen LogP contribution in [0, 0.1) is 0 Å². The Morgan fingerprint density at radius 3 is 2.29 bits per heavy atom. The molecule has 0 aromatic carbocycles. The van der Waals surface area contributed by atoms with E-state index in [0.717, 1.165) is 32.1 Å². The second-order valence-electron chi connectivity index (χ2n) is 4.68. The molecule has 1 fully saturated rings. The Labute approximate surface area is 104 Å². The van der Waals surface area contributed by atoms with Gasteiger partial charge >= 0.3 is 0 Å². The van der Waals surface area contributed by atoms with Crippen molar-refractivity contribution in [2.75, 3.05) is 13.6 Å². The molecular formula is C13H24N2O2. The van der Waals surface area contributed by atoms with Gasteiger partial charge in [-0.05, 0) is 39.2 Å². The van der Waals surface area contributed by atoms with Crippen molar-refractivity contribution in [3.8, 4) is 0 Å². The number of hydrogen-bond donors (Lipinski definition) is 1. The van der Waals surface area contributed by atoms with Crippen LogP contribution in [-0.4, -0.2) is 36.3 Å². The van der Waals surface area contributed by atoms with Crippen LogP contribution in [0.5, 0.6) is 0 Å². The highest BCUT2D eigenvalue weighted by Gasteiger charge is 2.23. The van der Waals surface area contributed by atoms with Gasteiger partial charge in [0.15, 0.2) is 0 Å². The lowest BCUT2D eigenvalue weighted by atomic mass is 10.1. The molecule has 4 nitrogen and oxygen atoms in total. The van der Waals surface area contributed by atoms with Gasteiger partial charge in [-0.25, -0.2) is 0 Å². The summed E-state index contributed by atoms with van der Waals surface area (Å²) in [5, 5.41) is 3.24. The molecule has 1 atom stereocenters. The van der Waals surface area contributed by atoms with Crippen LogP contribution in [0.2, 0.25) is 0 Å². The zero-order chi connectivity index (χ0) is 12.7. The van der Waals surface area contributed by atoms with E-state index < -0.39 is 0 Å². The first-order valence-corrected chi connectivity index (χ1v) is 6.69. The molecule has 0 aromatic heterocycles. The molecule has 0 radical (unpaired) electrons. The van der Waals surface area contributed by atoms with Crippen molar-refractivity contribution in [1.29, 1.82) is 0 Å². The molecule has 0 spiro atoms. The zero-order valence-electron chi connectivity index (χ0n) is 11.0. The summed E-state index contributed by atoms with van der Waals surface area (Å²) in [4.78, 5) is 24.9. The highest BCUT2D eigenvalue weighted by atomic mass is 16.2. The molecule has 1 aliphatic heterocycles. The van der Waals surface area contributed by atoms with E-state index in [-0.39, 0.29) is 11.8 Å². The van der Waals surface area contributed by atoms with E-state index in [1.807, 2.05) is 7.05 Å². The first-order valence-electron chi connectivity index (χ1n) is 6.69. The summed E-state index contributed by atoms with van der Waals surface area (Å²) in [6, 6.07) is 0.493. The number of imide groups is 1. The van der Waals surface area contributed by atoms with E-state index in [0.29, 0.717) is 25.4 Å². The monoisotopic (exact) mass is 240 g/mol. The molecule has 1 rings (SSSR count). The molecule has 1 saturated heterocycles. The minimum atomic E-state index is 0.0185. The summed E-state index contributed by atoms with van der Waals surface area (Å²) in [5.41, 5.74) is 0. The quantitative estimate of drug-likeness (QED) is 0.719. The van der Waals surface area contributed by atoms with Crippen LogP contribution in [0.1, 0.15) is 51.9 Å². The van der Waals surface area contributed by atoms with Crippen LogP contribution >= 0.6 is 0 Å². The molecule has 1 aliphatic rings. The van der Waals surface area contributed by atoms with E-state index in [4.69, 9.17) is 0 Å². The number of amides is 2. The first-order chi connectivity index (χ1) is 8.19.